The predicted molar refractivity (Wildman–Crippen MR) is 81.9 cm³/mol. The van der Waals surface area contributed by atoms with Gasteiger partial charge >= 0.3 is 7.12 Å². The number of hydrogen-bond acceptors (Lipinski definition) is 2. The Morgan fingerprint density at radius 3 is 2.50 bits per heavy atom. The molecule has 0 spiro atoms. The van der Waals surface area contributed by atoms with E-state index < -0.39 is 7.12 Å². The smallest absolute Gasteiger partial charge is 0.423 e. The molecular formula is C17H19BO2. The van der Waals surface area contributed by atoms with Gasteiger partial charge in [0, 0.05) is 0 Å². The van der Waals surface area contributed by atoms with Crippen LogP contribution in [-0.2, 0) is 24.1 Å². The van der Waals surface area contributed by atoms with Gasteiger partial charge in [0.05, 0.1) is 6.61 Å². The summed E-state index contributed by atoms with van der Waals surface area (Å²) in [7, 11) is -0.728. The molecular weight excluding hydrogens is 247 g/mol. The van der Waals surface area contributed by atoms with Gasteiger partial charge in [-0.25, -0.2) is 0 Å². The molecule has 1 heterocycles. The fourth-order valence-corrected chi connectivity index (χ4v) is 2.72. The van der Waals surface area contributed by atoms with Crippen LogP contribution in [0.25, 0.3) is 0 Å². The van der Waals surface area contributed by atoms with Crippen molar-refractivity contribution in [3.63, 3.8) is 0 Å². The maximum atomic E-state index is 9.70. The van der Waals surface area contributed by atoms with Crippen LogP contribution in [0.4, 0.5) is 0 Å². The molecule has 1 aliphatic heterocycles. The lowest BCUT2D eigenvalue weighted by Gasteiger charge is -2.05. The Labute approximate surface area is 120 Å². The molecule has 3 heteroatoms. The first-order chi connectivity index (χ1) is 9.83. The van der Waals surface area contributed by atoms with Crippen molar-refractivity contribution in [2.24, 2.45) is 0 Å². The molecule has 0 saturated heterocycles. The minimum atomic E-state index is -0.728. The third-order valence-corrected chi connectivity index (χ3v) is 3.90. The molecule has 0 atom stereocenters. The highest BCUT2D eigenvalue weighted by molar-refractivity contribution is 6.61. The van der Waals surface area contributed by atoms with E-state index in [0.29, 0.717) is 6.61 Å². The quantitative estimate of drug-likeness (QED) is 0.665. The number of rotatable bonds is 5. The molecule has 20 heavy (non-hydrogen) atoms. The Balaban J connectivity index is 1.51. The van der Waals surface area contributed by atoms with Crippen molar-refractivity contribution in [1.82, 2.24) is 0 Å². The number of hydrogen-bond donors (Lipinski definition) is 1. The van der Waals surface area contributed by atoms with E-state index >= 15 is 0 Å². The number of unbranched alkanes of at least 4 members (excludes halogenated alkanes) is 1. The summed E-state index contributed by atoms with van der Waals surface area (Å²) in [6, 6.07) is 16.9. The first-order valence-electron chi connectivity index (χ1n) is 7.28. The molecule has 0 bridgehead atoms. The van der Waals surface area contributed by atoms with Gasteiger partial charge in [0.2, 0.25) is 0 Å². The van der Waals surface area contributed by atoms with Crippen molar-refractivity contribution in [1.29, 1.82) is 0 Å². The molecule has 1 N–H and O–H groups in total. The van der Waals surface area contributed by atoms with Crippen molar-refractivity contribution < 1.29 is 9.68 Å². The van der Waals surface area contributed by atoms with E-state index in [1.165, 1.54) is 24.0 Å². The Morgan fingerprint density at radius 1 is 0.950 bits per heavy atom. The molecule has 2 nitrogen and oxygen atoms in total. The van der Waals surface area contributed by atoms with E-state index in [1.54, 1.807) is 0 Å². The van der Waals surface area contributed by atoms with E-state index in [0.717, 1.165) is 23.9 Å². The van der Waals surface area contributed by atoms with Gasteiger partial charge in [-0.2, -0.15) is 0 Å². The lowest BCUT2D eigenvalue weighted by atomic mass is 9.78. The summed E-state index contributed by atoms with van der Waals surface area (Å²) in [6.07, 6.45) is 4.56. The van der Waals surface area contributed by atoms with Gasteiger partial charge in [-0.05, 0) is 47.8 Å². The van der Waals surface area contributed by atoms with Gasteiger partial charge in [0.15, 0.2) is 0 Å². The summed E-state index contributed by atoms with van der Waals surface area (Å²) in [5.41, 5.74) is 4.77. The summed E-state index contributed by atoms with van der Waals surface area (Å²) >= 11 is 0. The molecule has 3 rings (SSSR count). The third-order valence-electron chi connectivity index (χ3n) is 3.90. The maximum Gasteiger partial charge on any atom is 0.491 e. The lowest BCUT2D eigenvalue weighted by molar-refractivity contribution is 0.275. The van der Waals surface area contributed by atoms with Gasteiger partial charge in [-0.15, -0.1) is 0 Å². The Kier molecular flexibility index (Phi) is 4.19. The average Bonchev–Trinajstić information content (AvgIpc) is 2.86. The van der Waals surface area contributed by atoms with Crippen LogP contribution in [-0.4, -0.2) is 12.1 Å². The summed E-state index contributed by atoms with van der Waals surface area (Å²) in [5.74, 6) is 0. The van der Waals surface area contributed by atoms with Crippen molar-refractivity contribution in [3.8, 4) is 0 Å². The number of aryl methyl sites for hydroxylation is 2. The number of fused-ring (bicyclic) bond motifs is 1. The van der Waals surface area contributed by atoms with Gasteiger partial charge in [-0.1, -0.05) is 48.5 Å². The summed E-state index contributed by atoms with van der Waals surface area (Å²) in [5, 5.41) is 9.70. The van der Waals surface area contributed by atoms with Crippen LogP contribution >= 0.6 is 0 Å². The van der Waals surface area contributed by atoms with E-state index in [1.807, 2.05) is 0 Å². The maximum absolute atomic E-state index is 9.70. The fourth-order valence-electron chi connectivity index (χ4n) is 2.72. The minimum Gasteiger partial charge on any atom is -0.423 e. The Hall–Kier alpha value is -1.58. The van der Waals surface area contributed by atoms with Crippen LogP contribution < -0.4 is 5.46 Å². The lowest BCUT2D eigenvalue weighted by Crippen LogP contribution is -2.28. The topological polar surface area (TPSA) is 29.5 Å². The van der Waals surface area contributed by atoms with Gasteiger partial charge in [0.25, 0.3) is 0 Å². The second kappa shape index (κ2) is 6.25. The summed E-state index contributed by atoms with van der Waals surface area (Å²) < 4.78 is 5.22. The van der Waals surface area contributed by atoms with E-state index in [4.69, 9.17) is 4.65 Å². The second-order valence-corrected chi connectivity index (χ2v) is 5.39. The van der Waals surface area contributed by atoms with E-state index in [2.05, 4.69) is 48.5 Å². The molecule has 0 fully saturated rings. The highest BCUT2D eigenvalue weighted by Crippen LogP contribution is 2.14. The van der Waals surface area contributed by atoms with Crippen molar-refractivity contribution in [2.75, 3.05) is 0 Å². The molecule has 2 aromatic carbocycles. The van der Waals surface area contributed by atoms with E-state index in [9.17, 15) is 5.02 Å². The molecule has 1 aliphatic rings. The Morgan fingerprint density at radius 2 is 1.70 bits per heavy atom. The van der Waals surface area contributed by atoms with Crippen LogP contribution in [0.1, 0.15) is 29.5 Å². The molecule has 102 valence electrons. The van der Waals surface area contributed by atoms with Crippen LogP contribution in [0.3, 0.4) is 0 Å². The first kappa shape index (κ1) is 13.4. The van der Waals surface area contributed by atoms with Crippen molar-refractivity contribution in [2.45, 2.75) is 32.3 Å². The molecule has 0 aliphatic carbocycles. The van der Waals surface area contributed by atoms with Crippen molar-refractivity contribution in [3.05, 3.63) is 65.2 Å². The highest BCUT2D eigenvalue weighted by atomic mass is 16.5. The first-order valence-corrected chi connectivity index (χ1v) is 7.28. The largest absolute Gasteiger partial charge is 0.491 e. The monoisotopic (exact) mass is 266 g/mol. The number of benzene rings is 2. The van der Waals surface area contributed by atoms with Gasteiger partial charge in [-0.3, -0.25) is 0 Å². The third kappa shape index (κ3) is 3.11. The molecule has 2 aromatic rings. The molecule has 0 saturated carbocycles. The normalized spacial score (nSPS) is 13.6. The predicted octanol–water partition coefficient (Wildman–Crippen LogP) is 2.47. The Bertz CT molecular complexity index is 568. The summed E-state index contributed by atoms with van der Waals surface area (Å²) in [4.78, 5) is 0. The van der Waals surface area contributed by atoms with Crippen LogP contribution in [0.5, 0.6) is 0 Å². The standard InChI is InChI=1S/C17H19BO2/c19-18-17-12-15(10-11-16(17)13-20-18)9-5-4-8-14-6-2-1-3-7-14/h1-3,6-7,10-12,19H,4-5,8-9,13H2. The molecule has 0 amide bonds. The second-order valence-electron chi connectivity index (χ2n) is 5.39. The van der Waals surface area contributed by atoms with Gasteiger partial charge < -0.3 is 9.68 Å². The fraction of sp³-hybridized carbons (Fsp3) is 0.294. The van der Waals surface area contributed by atoms with Crippen LogP contribution in [0, 0.1) is 0 Å². The summed E-state index contributed by atoms with van der Waals surface area (Å²) in [6.45, 7) is 0.533. The minimum absolute atomic E-state index is 0.533. The SMILES string of the molecule is OB1OCc2ccc(CCCCc3ccccc3)cc21. The zero-order valence-corrected chi connectivity index (χ0v) is 11.6. The van der Waals surface area contributed by atoms with Crippen LogP contribution in [0.2, 0.25) is 0 Å². The zero-order valence-electron chi connectivity index (χ0n) is 11.6. The van der Waals surface area contributed by atoms with Gasteiger partial charge in [0.1, 0.15) is 0 Å². The average molecular weight is 266 g/mol. The molecule has 0 unspecified atom stereocenters. The zero-order chi connectivity index (χ0) is 13.8. The van der Waals surface area contributed by atoms with Crippen molar-refractivity contribution >= 4 is 12.6 Å². The highest BCUT2D eigenvalue weighted by Gasteiger charge is 2.26. The van der Waals surface area contributed by atoms with Crippen LogP contribution in [0.15, 0.2) is 48.5 Å². The van der Waals surface area contributed by atoms with E-state index in [-0.39, 0.29) is 0 Å². The molecule has 0 aromatic heterocycles. The molecule has 0 radical (unpaired) electrons.